The second kappa shape index (κ2) is 6.39. The summed E-state index contributed by atoms with van der Waals surface area (Å²) in [7, 11) is 2.06. The van der Waals surface area contributed by atoms with Crippen LogP contribution in [0.25, 0.3) is 10.9 Å². The van der Waals surface area contributed by atoms with Gasteiger partial charge < -0.3 is 9.88 Å². The van der Waals surface area contributed by atoms with Gasteiger partial charge in [0.25, 0.3) is 5.91 Å². The molecule has 0 bridgehead atoms. The van der Waals surface area contributed by atoms with Crippen molar-refractivity contribution in [2.75, 3.05) is 0 Å². The number of nitrogens with zero attached hydrogens (tertiary/aromatic N) is 3. The average Bonchev–Trinajstić information content (AvgIpc) is 2.98. The lowest BCUT2D eigenvalue weighted by Gasteiger charge is -2.15. The van der Waals surface area contributed by atoms with Crippen molar-refractivity contribution in [2.24, 2.45) is 7.05 Å². The zero-order chi connectivity index (χ0) is 18.3. The van der Waals surface area contributed by atoms with Crippen LogP contribution in [0.2, 0.25) is 0 Å². The van der Waals surface area contributed by atoms with Crippen LogP contribution in [0.3, 0.4) is 0 Å². The van der Waals surface area contributed by atoms with E-state index < -0.39 is 0 Å². The molecule has 2 aromatic heterocycles. The van der Waals surface area contributed by atoms with Crippen molar-refractivity contribution in [3.05, 3.63) is 52.5 Å². The van der Waals surface area contributed by atoms with Gasteiger partial charge in [0.2, 0.25) is 0 Å². The fourth-order valence-corrected chi connectivity index (χ4v) is 3.37. The highest BCUT2D eigenvalue weighted by Gasteiger charge is 2.15. The predicted octanol–water partition coefficient (Wildman–Crippen LogP) is 3.43. The number of carbonyl (C=O) groups excluding carboxylic acids is 1. The predicted molar refractivity (Wildman–Crippen MR) is 101 cm³/mol. The summed E-state index contributed by atoms with van der Waals surface area (Å²) in [5, 5.41) is 8.68. The van der Waals surface area contributed by atoms with Gasteiger partial charge in [0, 0.05) is 40.9 Å². The van der Waals surface area contributed by atoms with E-state index in [1.54, 1.807) is 0 Å². The number of amides is 1. The first-order valence-corrected chi connectivity index (χ1v) is 8.65. The molecule has 5 heteroatoms. The Morgan fingerprint density at radius 2 is 1.92 bits per heavy atom. The van der Waals surface area contributed by atoms with Crippen LogP contribution in [0.15, 0.2) is 24.3 Å². The Kier molecular flexibility index (Phi) is 4.41. The van der Waals surface area contributed by atoms with E-state index in [0.29, 0.717) is 12.1 Å². The van der Waals surface area contributed by atoms with E-state index in [-0.39, 0.29) is 11.9 Å². The summed E-state index contributed by atoms with van der Waals surface area (Å²) in [5.41, 5.74) is 6.41. The van der Waals surface area contributed by atoms with E-state index in [4.69, 9.17) is 0 Å². The van der Waals surface area contributed by atoms with Gasteiger partial charge >= 0.3 is 0 Å². The summed E-state index contributed by atoms with van der Waals surface area (Å²) in [6, 6.07) is 7.95. The molecule has 0 unspecified atom stereocenters. The van der Waals surface area contributed by atoms with E-state index in [2.05, 4.69) is 35.9 Å². The molecule has 0 fully saturated rings. The Morgan fingerprint density at radius 1 is 1.20 bits per heavy atom. The van der Waals surface area contributed by atoms with Gasteiger partial charge in [-0.05, 0) is 64.4 Å². The number of carbonyl (C=O) groups is 1. The SMILES string of the molecule is Cc1cc(C)n(C[C@@H](C)NC(=O)c2ccc3c(c2)c(C)c(C)n3C)n1. The average molecular weight is 338 g/mol. The van der Waals surface area contributed by atoms with E-state index in [9.17, 15) is 4.79 Å². The highest BCUT2D eigenvalue weighted by atomic mass is 16.1. The lowest BCUT2D eigenvalue weighted by Crippen LogP contribution is -2.36. The molecule has 1 N–H and O–H groups in total. The first-order valence-electron chi connectivity index (χ1n) is 8.65. The molecule has 0 saturated heterocycles. The summed E-state index contributed by atoms with van der Waals surface area (Å²) in [6.45, 7) is 10.9. The summed E-state index contributed by atoms with van der Waals surface area (Å²) in [4.78, 5) is 12.6. The third kappa shape index (κ3) is 3.18. The van der Waals surface area contributed by atoms with Crippen LogP contribution < -0.4 is 5.32 Å². The molecule has 0 aliphatic rings. The summed E-state index contributed by atoms with van der Waals surface area (Å²) in [5.74, 6) is -0.0446. The second-order valence-corrected chi connectivity index (χ2v) is 6.99. The maximum atomic E-state index is 12.6. The largest absolute Gasteiger partial charge is 0.348 e. The van der Waals surface area contributed by atoms with Crippen molar-refractivity contribution in [3.63, 3.8) is 0 Å². The lowest BCUT2D eigenvalue weighted by atomic mass is 10.1. The van der Waals surface area contributed by atoms with Crippen molar-refractivity contribution in [1.82, 2.24) is 19.7 Å². The molecule has 1 atom stereocenters. The van der Waals surface area contributed by atoms with Crippen LogP contribution in [0.4, 0.5) is 0 Å². The quantitative estimate of drug-likeness (QED) is 0.792. The summed E-state index contributed by atoms with van der Waals surface area (Å²) in [6.07, 6.45) is 0. The highest BCUT2D eigenvalue weighted by molar-refractivity contribution is 5.99. The van der Waals surface area contributed by atoms with Crippen molar-refractivity contribution in [2.45, 2.75) is 47.2 Å². The van der Waals surface area contributed by atoms with Gasteiger partial charge in [-0.1, -0.05) is 0 Å². The van der Waals surface area contributed by atoms with E-state index in [1.807, 2.05) is 49.7 Å². The van der Waals surface area contributed by atoms with Crippen molar-refractivity contribution < 1.29 is 4.79 Å². The Hall–Kier alpha value is -2.56. The number of fused-ring (bicyclic) bond motifs is 1. The van der Waals surface area contributed by atoms with E-state index in [1.165, 1.54) is 11.3 Å². The van der Waals surface area contributed by atoms with Crippen LogP contribution in [0.1, 0.15) is 39.9 Å². The van der Waals surface area contributed by atoms with Crippen LogP contribution in [-0.4, -0.2) is 26.3 Å². The van der Waals surface area contributed by atoms with Crippen molar-refractivity contribution in [1.29, 1.82) is 0 Å². The zero-order valence-corrected chi connectivity index (χ0v) is 15.8. The van der Waals surface area contributed by atoms with E-state index in [0.717, 1.165) is 22.3 Å². The fraction of sp³-hybridized carbons (Fsp3) is 0.400. The Morgan fingerprint density at radius 3 is 2.56 bits per heavy atom. The van der Waals surface area contributed by atoms with Gasteiger partial charge in [-0.25, -0.2) is 0 Å². The van der Waals surface area contributed by atoms with Crippen LogP contribution in [-0.2, 0) is 13.6 Å². The Labute approximate surface area is 148 Å². The number of hydrogen-bond acceptors (Lipinski definition) is 2. The minimum atomic E-state index is -0.0446. The molecule has 5 nitrogen and oxygen atoms in total. The normalized spacial score (nSPS) is 12.6. The van der Waals surface area contributed by atoms with Gasteiger partial charge in [0.05, 0.1) is 12.2 Å². The van der Waals surface area contributed by atoms with Gasteiger partial charge in [0.15, 0.2) is 0 Å². The molecule has 3 aromatic rings. The molecular formula is C20H26N4O. The number of benzene rings is 1. The Bertz CT molecular complexity index is 948. The van der Waals surface area contributed by atoms with Gasteiger partial charge in [-0.3, -0.25) is 9.48 Å². The number of aromatic nitrogens is 3. The number of rotatable bonds is 4. The molecule has 0 aliphatic heterocycles. The summed E-state index contributed by atoms with van der Waals surface area (Å²) >= 11 is 0. The minimum Gasteiger partial charge on any atom is -0.348 e. The third-order valence-electron chi connectivity index (χ3n) is 5.00. The van der Waals surface area contributed by atoms with Crippen molar-refractivity contribution in [3.8, 4) is 0 Å². The smallest absolute Gasteiger partial charge is 0.251 e. The lowest BCUT2D eigenvalue weighted by molar-refractivity contribution is 0.0936. The standard InChI is InChI=1S/C20H26N4O/c1-12-9-14(3)24(22-12)11-13(2)21-20(25)17-7-8-19-18(10-17)15(4)16(5)23(19)6/h7-10,13H,11H2,1-6H3,(H,21,25)/t13-/m1/s1. The fourth-order valence-electron chi connectivity index (χ4n) is 3.37. The molecule has 0 spiro atoms. The maximum absolute atomic E-state index is 12.6. The van der Waals surface area contributed by atoms with Gasteiger partial charge in [-0.2, -0.15) is 5.10 Å². The monoisotopic (exact) mass is 338 g/mol. The molecule has 0 radical (unpaired) electrons. The molecular weight excluding hydrogens is 312 g/mol. The molecule has 25 heavy (non-hydrogen) atoms. The van der Waals surface area contributed by atoms with Crippen LogP contribution >= 0.6 is 0 Å². The number of nitrogens with one attached hydrogen (secondary N) is 1. The minimum absolute atomic E-state index is 0.000182. The molecule has 2 heterocycles. The molecule has 3 rings (SSSR count). The Balaban J connectivity index is 1.77. The first-order chi connectivity index (χ1) is 11.8. The maximum Gasteiger partial charge on any atom is 0.251 e. The topological polar surface area (TPSA) is 51.9 Å². The highest BCUT2D eigenvalue weighted by Crippen LogP contribution is 2.25. The van der Waals surface area contributed by atoms with E-state index >= 15 is 0 Å². The molecule has 1 amide bonds. The van der Waals surface area contributed by atoms with Crippen LogP contribution in [0, 0.1) is 27.7 Å². The zero-order valence-electron chi connectivity index (χ0n) is 15.8. The number of hydrogen-bond donors (Lipinski definition) is 1. The second-order valence-electron chi connectivity index (χ2n) is 6.99. The molecule has 132 valence electrons. The number of aryl methyl sites for hydroxylation is 4. The molecule has 1 aromatic carbocycles. The first kappa shape index (κ1) is 17.3. The third-order valence-corrected chi connectivity index (χ3v) is 5.00. The van der Waals surface area contributed by atoms with Gasteiger partial charge in [-0.15, -0.1) is 0 Å². The van der Waals surface area contributed by atoms with Crippen molar-refractivity contribution >= 4 is 16.8 Å². The van der Waals surface area contributed by atoms with Crippen LogP contribution in [0.5, 0.6) is 0 Å². The molecule has 0 saturated carbocycles. The molecule has 0 aliphatic carbocycles. The van der Waals surface area contributed by atoms with Gasteiger partial charge in [0.1, 0.15) is 0 Å². The summed E-state index contributed by atoms with van der Waals surface area (Å²) < 4.78 is 4.10.